The second-order valence-corrected chi connectivity index (χ2v) is 6.93. The van der Waals surface area contributed by atoms with Crippen LogP contribution in [0.5, 0.6) is 0 Å². The normalized spacial score (nSPS) is 11.4. The fourth-order valence-corrected chi connectivity index (χ4v) is 2.80. The van der Waals surface area contributed by atoms with Crippen LogP contribution >= 0.6 is 0 Å². The van der Waals surface area contributed by atoms with E-state index in [2.05, 4.69) is 10.0 Å². The van der Waals surface area contributed by atoms with E-state index in [1.807, 2.05) is 31.2 Å². The maximum Gasteiger partial charge on any atom is 0.268 e. The number of amides is 1. The van der Waals surface area contributed by atoms with Crippen LogP contribution in [0.25, 0.3) is 0 Å². The number of carbonyl (C=O) groups excluding carboxylic acids is 1. The van der Waals surface area contributed by atoms with Gasteiger partial charge < -0.3 is 9.88 Å². The number of rotatable bonds is 5. The Morgan fingerprint density at radius 3 is 2.45 bits per heavy atom. The summed E-state index contributed by atoms with van der Waals surface area (Å²) in [5, 5.41) is 2.78. The predicted octanol–water partition coefficient (Wildman–Crippen LogP) is 1.17. The number of aryl methyl sites for hydroxylation is 2. The zero-order valence-electron chi connectivity index (χ0n) is 12.8. The van der Waals surface area contributed by atoms with Crippen molar-refractivity contribution in [3.63, 3.8) is 0 Å². The molecule has 1 amide bonds. The molecule has 118 valence electrons. The second kappa shape index (κ2) is 6.33. The molecule has 2 rings (SSSR count). The Labute approximate surface area is 130 Å². The minimum absolute atomic E-state index is 0.0676. The van der Waals surface area contributed by atoms with Crippen LogP contribution in [0.4, 0.5) is 0 Å². The number of hydrogen-bond donors (Lipinski definition) is 2. The molecule has 0 atom stereocenters. The molecule has 2 N–H and O–H groups in total. The molecular weight excluding hydrogens is 302 g/mol. The number of benzene rings is 1. The van der Waals surface area contributed by atoms with Crippen LogP contribution in [0.3, 0.4) is 0 Å². The van der Waals surface area contributed by atoms with E-state index in [-0.39, 0.29) is 10.8 Å². The van der Waals surface area contributed by atoms with Gasteiger partial charge in [-0.2, -0.15) is 0 Å². The lowest BCUT2D eigenvalue weighted by atomic mass is 10.1. The van der Waals surface area contributed by atoms with Crippen LogP contribution in [-0.2, 0) is 23.6 Å². The number of hydrogen-bond acceptors (Lipinski definition) is 3. The summed E-state index contributed by atoms with van der Waals surface area (Å²) in [6, 6.07) is 9.19. The van der Waals surface area contributed by atoms with E-state index in [1.165, 1.54) is 23.9 Å². The van der Waals surface area contributed by atoms with Crippen molar-refractivity contribution in [3.8, 4) is 0 Å². The summed E-state index contributed by atoms with van der Waals surface area (Å²) in [5.41, 5.74) is 2.43. The fraction of sp³-hybridized carbons (Fsp3) is 0.267. The molecule has 0 bridgehead atoms. The Hall–Kier alpha value is -2.12. The van der Waals surface area contributed by atoms with E-state index >= 15 is 0 Å². The highest BCUT2D eigenvalue weighted by Crippen LogP contribution is 2.13. The van der Waals surface area contributed by atoms with Crippen LogP contribution in [0.2, 0.25) is 0 Å². The van der Waals surface area contributed by atoms with Crippen molar-refractivity contribution in [1.29, 1.82) is 0 Å². The summed E-state index contributed by atoms with van der Waals surface area (Å²) in [7, 11) is -0.589. The molecule has 0 fully saturated rings. The highest BCUT2D eigenvalue weighted by molar-refractivity contribution is 7.89. The van der Waals surface area contributed by atoms with E-state index in [0.29, 0.717) is 12.2 Å². The molecule has 0 radical (unpaired) electrons. The van der Waals surface area contributed by atoms with E-state index < -0.39 is 10.0 Å². The molecule has 0 spiro atoms. The average Bonchev–Trinajstić information content (AvgIpc) is 2.89. The number of nitrogens with one attached hydrogen (secondary N) is 2. The summed E-state index contributed by atoms with van der Waals surface area (Å²) >= 11 is 0. The van der Waals surface area contributed by atoms with E-state index in [9.17, 15) is 13.2 Å². The lowest BCUT2D eigenvalue weighted by molar-refractivity contribution is 0.0943. The Balaban J connectivity index is 2.11. The summed E-state index contributed by atoms with van der Waals surface area (Å²) in [4.78, 5) is 12.3. The van der Waals surface area contributed by atoms with Crippen molar-refractivity contribution in [2.24, 2.45) is 7.05 Å². The van der Waals surface area contributed by atoms with Crippen molar-refractivity contribution in [2.75, 3.05) is 7.05 Å². The molecule has 22 heavy (non-hydrogen) atoms. The lowest BCUT2D eigenvalue weighted by Crippen LogP contribution is -2.24. The number of nitrogens with zero attached hydrogens (tertiary/aromatic N) is 1. The molecule has 1 aromatic heterocycles. The first kappa shape index (κ1) is 16.3. The van der Waals surface area contributed by atoms with Gasteiger partial charge in [0.05, 0.1) is 0 Å². The third kappa shape index (κ3) is 3.55. The van der Waals surface area contributed by atoms with Gasteiger partial charge in [0.25, 0.3) is 5.91 Å². The smallest absolute Gasteiger partial charge is 0.268 e. The Morgan fingerprint density at radius 1 is 1.23 bits per heavy atom. The summed E-state index contributed by atoms with van der Waals surface area (Å²) < 4.78 is 27.2. The molecule has 1 aromatic carbocycles. The Bertz CT molecular complexity index is 777. The Kier molecular flexibility index (Phi) is 4.68. The van der Waals surface area contributed by atoms with E-state index in [0.717, 1.165) is 11.1 Å². The van der Waals surface area contributed by atoms with E-state index in [1.54, 1.807) is 7.05 Å². The molecule has 1 heterocycles. The average molecular weight is 321 g/mol. The molecular formula is C15H19N3O3S. The predicted molar refractivity (Wildman–Crippen MR) is 84.0 cm³/mol. The van der Waals surface area contributed by atoms with Crippen molar-refractivity contribution >= 4 is 15.9 Å². The highest BCUT2D eigenvalue weighted by Gasteiger charge is 2.18. The van der Waals surface area contributed by atoms with Crippen molar-refractivity contribution in [1.82, 2.24) is 14.6 Å². The molecule has 0 unspecified atom stereocenters. The van der Waals surface area contributed by atoms with Gasteiger partial charge in [-0.05, 0) is 25.6 Å². The third-order valence-corrected chi connectivity index (χ3v) is 4.75. The molecule has 7 heteroatoms. The molecule has 0 saturated heterocycles. The van der Waals surface area contributed by atoms with Crippen molar-refractivity contribution < 1.29 is 13.2 Å². The van der Waals surface area contributed by atoms with Gasteiger partial charge in [0.1, 0.15) is 10.6 Å². The molecule has 0 aliphatic carbocycles. The highest BCUT2D eigenvalue weighted by atomic mass is 32.2. The third-order valence-electron chi connectivity index (χ3n) is 3.37. The number of carbonyl (C=O) groups is 1. The summed E-state index contributed by atoms with van der Waals surface area (Å²) in [5.74, 6) is -0.319. The minimum atomic E-state index is -3.56. The zero-order chi connectivity index (χ0) is 16.3. The van der Waals surface area contributed by atoms with E-state index in [4.69, 9.17) is 0 Å². The first-order valence-electron chi connectivity index (χ1n) is 6.77. The van der Waals surface area contributed by atoms with Crippen LogP contribution in [0.1, 0.15) is 21.6 Å². The van der Waals surface area contributed by atoms with Crippen molar-refractivity contribution in [3.05, 3.63) is 53.3 Å². The Morgan fingerprint density at radius 2 is 1.86 bits per heavy atom. The topological polar surface area (TPSA) is 80.2 Å². The molecule has 6 nitrogen and oxygen atoms in total. The van der Waals surface area contributed by atoms with Crippen LogP contribution < -0.4 is 10.0 Å². The SMILES string of the molecule is CNS(=O)(=O)c1cc(C(=O)NCc2ccc(C)cc2)n(C)c1. The maximum atomic E-state index is 12.2. The van der Waals surface area contributed by atoms with Gasteiger partial charge in [-0.15, -0.1) is 0 Å². The van der Waals surface area contributed by atoms with Gasteiger partial charge in [0, 0.05) is 19.8 Å². The quantitative estimate of drug-likeness (QED) is 0.867. The lowest BCUT2D eigenvalue weighted by Gasteiger charge is -2.06. The summed E-state index contributed by atoms with van der Waals surface area (Å²) in [6.07, 6.45) is 1.41. The zero-order valence-corrected chi connectivity index (χ0v) is 13.6. The van der Waals surface area contributed by atoms with Gasteiger partial charge in [0.2, 0.25) is 10.0 Å². The second-order valence-electron chi connectivity index (χ2n) is 5.05. The van der Waals surface area contributed by atoms with Crippen LogP contribution in [-0.4, -0.2) is 25.9 Å². The van der Waals surface area contributed by atoms with Gasteiger partial charge in [-0.3, -0.25) is 4.79 Å². The first-order chi connectivity index (χ1) is 10.3. The van der Waals surface area contributed by atoms with Gasteiger partial charge in [-0.1, -0.05) is 29.8 Å². The van der Waals surface area contributed by atoms with Crippen LogP contribution in [0, 0.1) is 6.92 Å². The largest absolute Gasteiger partial charge is 0.347 e. The van der Waals surface area contributed by atoms with Crippen molar-refractivity contribution in [2.45, 2.75) is 18.4 Å². The monoisotopic (exact) mass is 321 g/mol. The fourth-order valence-electron chi connectivity index (χ4n) is 2.00. The van der Waals surface area contributed by atoms with Gasteiger partial charge in [-0.25, -0.2) is 13.1 Å². The number of sulfonamides is 1. The minimum Gasteiger partial charge on any atom is -0.347 e. The molecule has 2 aromatic rings. The maximum absolute atomic E-state index is 12.2. The molecule has 0 saturated carbocycles. The molecule has 0 aliphatic heterocycles. The van der Waals surface area contributed by atoms with Gasteiger partial charge in [0.15, 0.2) is 0 Å². The number of aromatic nitrogens is 1. The molecule has 0 aliphatic rings. The first-order valence-corrected chi connectivity index (χ1v) is 8.25. The van der Waals surface area contributed by atoms with Crippen LogP contribution in [0.15, 0.2) is 41.4 Å². The van der Waals surface area contributed by atoms with Gasteiger partial charge >= 0.3 is 0 Å². The summed E-state index contributed by atoms with van der Waals surface area (Å²) in [6.45, 7) is 2.38. The standard InChI is InChI=1S/C15H19N3O3S/c1-11-4-6-12(7-5-11)9-17-15(19)14-8-13(10-18(14)3)22(20,21)16-2/h4-8,10,16H,9H2,1-3H3,(H,17,19).